The van der Waals surface area contributed by atoms with Crippen LogP contribution in [0.4, 0.5) is 4.79 Å². The van der Waals surface area contributed by atoms with Crippen LogP contribution in [0.25, 0.3) is 0 Å². The number of ether oxygens (including phenoxy) is 1. The van der Waals surface area contributed by atoms with E-state index in [1.807, 2.05) is 0 Å². The Morgan fingerprint density at radius 1 is 1.17 bits per heavy atom. The van der Waals surface area contributed by atoms with E-state index < -0.39 is 17.7 Å². The molecule has 0 radical (unpaired) electrons. The summed E-state index contributed by atoms with van der Waals surface area (Å²) in [7, 11) is 0. The molecule has 0 saturated heterocycles. The van der Waals surface area contributed by atoms with Gasteiger partial charge in [-0.05, 0) is 40.5 Å². The lowest BCUT2D eigenvalue weighted by Crippen LogP contribution is -2.44. The first-order valence-electron chi connectivity index (χ1n) is 6.83. The number of alkyl carbamates (subject to hydrolysis) is 1. The van der Waals surface area contributed by atoms with Crippen LogP contribution in [0.3, 0.4) is 0 Å². The van der Waals surface area contributed by atoms with Crippen molar-refractivity contribution in [2.24, 2.45) is 5.92 Å². The van der Waals surface area contributed by atoms with E-state index in [-0.39, 0.29) is 11.7 Å². The lowest BCUT2D eigenvalue weighted by molar-refractivity contribution is -0.125. The lowest BCUT2D eigenvalue weighted by atomic mass is 9.84. The topological polar surface area (TPSA) is 55.4 Å². The van der Waals surface area contributed by atoms with Gasteiger partial charge in [0.15, 0.2) is 5.78 Å². The van der Waals surface area contributed by atoms with Crippen LogP contribution in [0.5, 0.6) is 0 Å². The average Bonchev–Trinajstić information content (AvgIpc) is 2.26. The Kier molecular flexibility index (Phi) is 5.17. The van der Waals surface area contributed by atoms with E-state index in [0.29, 0.717) is 0 Å². The van der Waals surface area contributed by atoms with Crippen LogP contribution in [0.2, 0.25) is 0 Å². The standard InChI is InChI=1S/C14H25NO3/c1-10(15-13(17)18-14(2,3)4)12(16)11-8-6-5-7-9-11/h10-11H,5-9H2,1-4H3,(H,15,17)/t10-/m1/s1. The van der Waals surface area contributed by atoms with Gasteiger partial charge in [0.05, 0.1) is 6.04 Å². The summed E-state index contributed by atoms with van der Waals surface area (Å²) in [6.07, 6.45) is 4.86. The summed E-state index contributed by atoms with van der Waals surface area (Å²) in [6, 6.07) is -0.456. The number of rotatable bonds is 3. The molecule has 1 saturated carbocycles. The predicted octanol–water partition coefficient (Wildman–Crippen LogP) is 3.05. The van der Waals surface area contributed by atoms with Gasteiger partial charge in [-0.2, -0.15) is 0 Å². The number of carbonyl (C=O) groups excluding carboxylic acids is 2. The maximum absolute atomic E-state index is 12.1. The molecule has 0 heterocycles. The first kappa shape index (κ1) is 15.0. The molecule has 0 unspecified atom stereocenters. The van der Waals surface area contributed by atoms with Crippen LogP contribution in [0, 0.1) is 5.92 Å². The Balaban J connectivity index is 2.41. The maximum Gasteiger partial charge on any atom is 0.408 e. The van der Waals surface area contributed by atoms with E-state index in [4.69, 9.17) is 4.74 Å². The summed E-state index contributed by atoms with van der Waals surface area (Å²) < 4.78 is 5.14. The third-order valence-corrected chi connectivity index (χ3v) is 3.17. The highest BCUT2D eigenvalue weighted by Crippen LogP contribution is 2.25. The second kappa shape index (κ2) is 6.21. The van der Waals surface area contributed by atoms with Gasteiger partial charge in [0.25, 0.3) is 0 Å². The molecule has 1 aliphatic carbocycles. The van der Waals surface area contributed by atoms with Crippen LogP contribution in [-0.4, -0.2) is 23.5 Å². The van der Waals surface area contributed by atoms with Gasteiger partial charge in [-0.25, -0.2) is 4.79 Å². The highest BCUT2D eigenvalue weighted by atomic mass is 16.6. The Hall–Kier alpha value is -1.06. The molecule has 1 amide bonds. The van der Waals surface area contributed by atoms with Gasteiger partial charge in [-0.1, -0.05) is 19.3 Å². The monoisotopic (exact) mass is 255 g/mol. The highest BCUT2D eigenvalue weighted by molar-refractivity contribution is 5.88. The molecule has 0 aromatic rings. The molecule has 18 heavy (non-hydrogen) atoms. The fraction of sp³-hybridized carbons (Fsp3) is 0.857. The molecule has 1 rings (SSSR count). The molecule has 104 valence electrons. The molecule has 0 spiro atoms. The molecular weight excluding hydrogens is 230 g/mol. The van der Waals surface area contributed by atoms with Gasteiger partial charge < -0.3 is 10.1 Å². The Morgan fingerprint density at radius 2 is 1.72 bits per heavy atom. The third-order valence-electron chi connectivity index (χ3n) is 3.17. The summed E-state index contributed by atoms with van der Waals surface area (Å²) in [5, 5.41) is 2.62. The molecule has 1 atom stereocenters. The number of nitrogens with one attached hydrogen (secondary N) is 1. The van der Waals surface area contributed by atoms with E-state index in [1.165, 1.54) is 6.42 Å². The van der Waals surface area contributed by atoms with Crippen molar-refractivity contribution in [3.8, 4) is 0 Å². The van der Waals surface area contributed by atoms with Gasteiger partial charge in [0, 0.05) is 5.92 Å². The van der Waals surface area contributed by atoms with Gasteiger partial charge in [0.1, 0.15) is 5.60 Å². The van der Waals surface area contributed by atoms with Gasteiger partial charge in [0.2, 0.25) is 0 Å². The first-order chi connectivity index (χ1) is 8.29. The molecule has 1 N–H and O–H groups in total. The number of hydrogen-bond acceptors (Lipinski definition) is 3. The zero-order valence-corrected chi connectivity index (χ0v) is 11.9. The number of carbonyl (C=O) groups is 2. The number of ketones is 1. The Labute approximate surface area is 109 Å². The van der Waals surface area contributed by atoms with Gasteiger partial charge in [-0.3, -0.25) is 4.79 Å². The van der Waals surface area contributed by atoms with Crippen LogP contribution in [-0.2, 0) is 9.53 Å². The van der Waals surface area contributed by atoms with Crippen LogP contribution >= 0.6 is 0 Å². The summed E-state index contributed by atoms with van der Waals surface area (Å²) in [4.78, 5) is 23.7. The zero-order valence-electron chi connectivity index (χ0n) is 11.9. The molecule has 1 aliphatic rings. The molecule has 4 nitrogen and oxygen atoms in total. The van der Waals surface area contributed by atoms with Gasteiger partial charge >= 0.3 is 6.09 Å². The third kappa shape index (κ3) is 5.07. The second-order valence-corrected chi connectivity index (χ2v) is 6.11. The van der Waals surface area contributed by atoms with E-state index in [2.05, 4.69) is 5.32 Å². The first-order valence-corrected chi connectivity index (χ1v) is 6.83. The van der Waals surface area contributed by atoms with Crippen molar-refractivity contribution >= 4 is 11.9 Å². The fourth-order valence-electron chi connectivity index (χ4n) is 2.30. The van der Waals surface area contributed by atoms with Crippen molar-refractivity contribution in [3.63, 3.8) is 0 Å². The van der Waals surface area contributed by atoms with Crippen LogP contribution < -0.4 is 5.32 Å². The minimum absolute atomic E-state index is 0.115. The molecule has 0 aromatic carbocycles. The summed E-state index contributed by atoms with van der Waals surface area (Å²) in [5.74, 6) is 0.254. The van der Waals surface area contributed by atoms with Crippen molar-refractivity contribution in [1.29, 1.82) is 0 Å². The van der Waals surface area contributed by atoms with Crippen LogP contribution in [0.15, 0.2) is 0 Å². The van der Waals surface area contributed by atoms with Crippen molar-refractivity contribution in [2.75, 3.05) is 0 Å². The summed E-state index contributed by atoms with van der Waals surface area (Å²) in [6.45, 7) is 7.15. The van der Waals surface area contributed by atoms with Crippen molar-refractivity contribution < 1.29 is 14.3 Å². The predicted molar refractivity (Wildman–Crippen MR) is 70.4 cm³/mol. The van der Waals surface area contributed by atoms with E-state index >= 15 is 0 Å². The molecule has 1 fully saturated rings. The molecule has 0 aliphatic heterocycles. The number of amides is 1. The van der Waals surface area contributed by atoms with Crippen LogP contribution in [0.1, 0.15) is 59.8 Å². The quantitative estimate of drug-likeness (QED) is 0.843. The lowest BCUT2D eigenvalue weighted by Gasteiger charge is -2.25. The largest absolute Gasteiger partial charge is 0.444 e. The molecule has 4 heteroatoms. The van der Waals surface area contributed by atoms with E-state index in [0.717, 1.165) is 25.7 Å². The molecule has 0 bridgehead atoms. The Morgan fingerprint density at radius 3 is 2.22 bits per heavy atom. The van der Waals surface area contributed by atoms with E-state index in [1.54, 1.807) is 27.7 Å². The van der Waals surface area contributed by atoms with Crippen molar-refractivity contribution in [1.82, 2.24) is 5.32 Å². The van der Waals surface area contributed by atoms with Crippen molar-refractivity contribution in [3.05, 3.63) is 0 Å². The number of hydrogen-bond donors (Lipinski definition) is 1. The summed E-state index contributed by atoms with van der Waals surface area (Å²) in [5.41, 5.74) is -0.530. The second-order valence-electron chi connectivity index (χ2n) is 6.11. The normalized spacial score (nSPS) is 19.1. The molecule has 0 aromatic heterocycles. The smallest absolute Gasteiger partial charge is 0.408 e. The summed E-state index contributed by atoms with van der Waals surface area (Å²) >= 11 is 0. The highest BCUT2D eigenvalue weighted by Gasteiger charge is 2.27. The zero-order chi connectivity index (χ0) is 13.8. The minimum Gasteiger partial charge on any atom is -0.444 e. The minimum atomic E-state index is -0.530. The van der Waals surface area contributed by atoms with E-state index in [9.17, 15) is 9.59 Å². The number of Topliss-reactive ketones (excluding diaryl/α,β-unsaturated/α-hetero) is 1. The van der Waals surface area contributed by atoms with Gasteiger partial charge in [-0.15, -0.1) is 0 Å². The Bertz CT molecular complexity index is 301. The fourth-order valence-corrected chi connectivity index (χ4v) is 2.30. The van der Waals surface area contributed by atoms with Crippen molar-refractivity contribution in [2.45, 2.75) is 71.4 Å². The maximum atomic E-state index is 12.1. The SMILES string of the molecule is C[C@@H](NC(=O)OC(C)(C)C)C(=O)C1CCCCC1. The average molecular weight is 255 g/mol. The molecular formula is C14H25NO3.